The molecule has 0 unspecified atom stereocenters. The van der Waals surface area contributed by atoms with Gasteiger partial charge >= 0.3 is 18.2 Å². The molecule has 0 saturated carbocycles. The molecule has 0 spiro atoms. The van der Waals surface area contributed by atoms with Gasteiger partial charge < -0.3 is 19.6 Å². The average Bonchev–Trinajstić information content (AvgIpc) is 3.24. The minimum atomic E-state index is -5.30. The highest BCUT2D eigenvalue weighted by molar-refractivity contribution is 7.13. The maximum Gasteiger partial charge on any atom is 0.493 e. The molecule has 174 valence electrons. The molecule has 1 aliphatic rings. The predicted molar refractivity (Wildman–Crippen MR) is 110 cm³/mol. The summed E-state index contributed by atoms with van der Waals surface area (Å²) in [6.07, 6.45) is -5.00. The number of nitrogens with one attached hydrogen (secondary N) is 1. The Morgan fingerprint density at radius 1 is 1.25 bits per heavy atom. The van der Waals surface area contributed by atoms with Gasteiger partial charge in [0.15, 0.2) is 0 Å². The van der Waals surface area contributed by atoms with E-state index in [-0.39, 0.29) is 29.9 Å². The molecule has 1 aromatic carbocycles. The van der Waals surface area contributed by atoms with Crippen molar-refractivity contribution in [3.05, 3.63) is 35.3 Å². The van der Waals surface area contributed by atoms with Crippen molar-refractivity contribution in [2.45, 2.75) is 25.6 Å². The number of aromatic nitrogens is 1. The molecule has 0 bridgehead atoms. The van der Waals surface area contributed by atoms with Crippen LogP contribution in [0.15, 0.2) is 29.6 Å². The van der Waals surface area contributed by atoms with E-state index in [0.29, 0.717) is 16.3 Å². The zero-order valence-electron chi connectivity index (χ0n) is 17.2. The molecule has 32 heavy (non-hydrogen) atoms. The lowest BCUT2D eigenvalue weighted by Gasteiger charge is -2.25. The Bertz CT molecular complexity index is 931. The second kappa shape index (κ2) is 10.7. The van der Waals surface area contributed by atoms with Gasteiger partial charge in [-0.05, 0) is 44.0 Å². The summed E-state index contributed by atoms with van der Waals surface area (Å²) in [5.41, 5.74) is 0.807. The van der Waals surface area contributed by atoms with E-state index in [2.05, 4.69) is 15.1 Å². The van der Waals surface area contributed by atoms with Crippen molar-refractivity contribution in [3.8, 4) is 10.6 Å². The number of carbonyl (C=O) groups excluding carboxylic acids is 2. The lowest BCUT2D eigenvalue weighted by molar-refractivity contribution is -0.200. The normalized spacial score (nSPS) is 14.8. The summed E-state index contributed by atoms with van der Waals surface area (Å²) in [5, 5.41) is 5.54. The van der Waals surface area contributed by atoms with E-state index >= 15 is 0 Å². The number of hydroxylamine groups is 1. The van der Waals surface area contributed by atoms with E-state index < -0.39 is 18.2 Å². The Morgan fingerprint density at radius 2 is 1.97 bits per heavy atom. The van der Waals surface area contributed by atoms with Crippen molar-refractivity contribution >= 4 is 29.1 Å². The molecule has 1 amide bonds. The predicted octanol–water partition coefficient (Wildman–Crippen LogP) is 3.92. The number of piperidine rings is 1. The fourth-order valence-electron chi connectivity index (χ4n) is 3.09. The van der Waals surface area contributed by atoms with Crippen LogP contribution in [0.5, 0.6) is 0 Å². The molecule has 8 nitrogen and oxygen atoms in total. The minimum absolute atomic E-state index is 0.00200. The molecular weight excluding hydrogens is 451 g/mol. The van der Waals surface area contributed by atoms with Gasteiger partial charge in [0, 0.05) is 18.1 Å². The fraction of sp³-hybridized carbons (Fsp3) is 0.450. The summed E-state index contributed by atoms with van der Waals surface area (Å²) in [5.74, 6) is -2.48. The fourth-order valence-corrected chi connectivity index (χ4v) is 3.93. The maximum absolute atomic E-state index is 12.9. The third-order valence-electron chi connectivity index (χ3n) is 4.67. The summed E-state index contributed by atoms with van der Waals surface area (Å²) in [4.78, 5) is 33.1. The number of anilines is 1. The van der Waals surface area contributed by atoms with Gasteiger partial charge in [-0.2, -0.15) is 13.2 Å². The SMILES string of the molecule is COCc1csc(-c2ccccc2N(OC(=O)C(F)(F)F)C(=O)OCC2CCNCC2)n1. The molecule has 2 heterocycles. The van der Waals surface area contributed by atoms with Crippen molar-refractivity contribution < 1.29 is 37.1 Å². The van der Waals surface area contributed by atoms with E-state index in [1.54, 1.807) is 17.5 Å². The molecule has 1 N–H and O–H groups in total. The largest absolute Gasteiger partial charge is 0.493 e. The number of rotatable bonds is 6. The molecule has 1 aromatic heterocycles. The Balaban J connectivity index is 1.88. The number of halogens is 3. The van der Waals surface area contributed by atoms with Crippen molar-refractivity contribution in [1.82, 2.24) is 10.3 Å². The topological polar surface area (TPSA) is 90.0 Å². The van der Waals surface area contributed by atoms with Crippen LogP contribution in [0.3, 0.4) is 0 Å². The quantitative estimate of drug-likeness (QED) is 0.636. The molecule has 1 aliphatic heterocycles. The molecule has 0 radical (unpaired) electrons. The zero-order chi connectivity index (χ0) is 23.1. The van der Waals surface area contributed by atoms with Crippen LogP contribution in [0.2, 0.25) is 0 Å². The summed E-state index contributed by atoms with van der Waals surface area (Å²) < 4.78 is 48.9. The number of ether oxygens (including phenoxy) is 2. The number of thiazole rings is 1. The van der Waals surface area contributed by atoms with E-state index in [4.69, 9.17) is 9.47 Å². The van der Waals surface area contributed by atoms with Gasteiger partial charge in [0.05, 0.1) is 24.6 Å². The number of nitrogens with zero attached hydrogens (tertiary/aromatic N) is 2. The van der Waals surface area contributed by atoms with Crippen LogP contribution in [-0.2, 0) is 25.7 Å². The van der Waals surface area contributed by atoms with Gasteiger partial charge in [0.25, 0.3) is 0 Å². The van der Waals surface area contributed by atoms with Crippen LogP contribution in [-0.4, -0.2) is 50.0 Å². The van der Waals surface area contributed by atoms with Crippen molar-refractivity contribution in [3.63, 3.8) is 0 Å². The monoisotopic (exact) mass is 473 g/mol. The molecular formula is C20H22F3N3O5S. The standard InChI is InChI=1S/C20H22F3N3O5S/c1-29-11-14-12-32-17(25-14)15-4-2-3-5-16(15)26(31-18(27)20(21,22)23)19(28)30-10-13-6-8-24-9-7-13/h2-5,12-13,24H,6-11H2,1H3. The van der Waals surface area contributed by atoms with Crippen LogP contribution in [0.1, 0.15) is 18.5 Å². The Hall–Kier alpha value is -2.70. The summed E-state index contributed by atoms with van der Waals surface area (Å²) in [7, 11) is 1.50. The summed E-state index contributed by atoms with van der Waals surface area (Å²) >= 11 is 1.21. The summed E-state index contributed by atoms with van der Waals surface area (Å²) in [6.45, 7) is 1.75. The minimum Gasteiger partial charge on any atom is -0.447 e. The van der Waals surface area contributed by atoms with E-state index in [1.165, 1.54) is 30.6 Å². The lowest BCUT2D eigenvalue weighted by atomic mass is 9.99. The second-order valence-corrected chi connectivity index (χ2v) is 7.89. The number of carbonyl (C=O) groups is 2. The Labute approximate surface area is 186 Å². The first-order valence-corrected chi connectivity index (χ1v) is 10.7. The first-order valence-electron chi connectivity index (χ1n) is 9.79. The van der Waals surface area contributed by atoms with Crippen LogP contribution >= 0.6 is 11.3 Å². The number of benzene rings is 1. The molecule has 0 aliphatic carbocycles. The van der Waals surface area contributed by atoms with Gasteiger partial charge in [0.2, 0.25) is 0 Å². The van der Waals surface area contributed by atoms with Gasteiger partial charge in [0.1, 0.15) is 5.01 Å². The number of para-hydroxylation sites is 1. The lowest BCUT2D eigenvalue weighted by Crippen LogP contribution is -2.40. The number of alkyl halides is 3. The Morgan fingerprint density at radius 3 is 2.66 bits per heavy atom. The van der Waals surface area contributed by atoms with Crippen LogP contribution in [0, 0.1) is 5.92 Å². The van der Waals surface area contributed by atoms with Gasteiger partial charge in [-0.3, -0.25) is 0 Å². The number of methoxy groups -OCH3 is 1. The second-order valence-electron chi connectivity index (χ2n) is 7.04. The summed E-state index contributed by atoms with van der Waals surface area (Å²) in [6, 6.07) is 6.03. The van der Waals surface area contributed by atoms with E-state index in [1.807, 2.05) is 0 Å². The maximum atomic E-state index is 12.9. The van der Waals surface area contributed by atoms with E-state index in [9.17, 15) is 22.8 Å². The third-order valence-corrected chi connectivity index (χ3v) is 5.59. The van der Waals surface area contributed by atoms with Crippen molar-refractivity contribution in [1.29, 1.82) is 0 Å². The van der Waals surface area contributed by atoms with E-state index in [0.717, 1.165) is 25.9 Å². The van der Waals surface area contributed by atoms with Crippen LogP contribution < -0.4 is 10.4 Å². The van der Waals surface area contributed by atoms with Crippen molar-refractivity contribution in [2.75, 3.05) is 31.9 Å². The number of hydrogen-bond donors (Lipinski definition) is 1. The molecule has 1 fully saturated rings. The van der Waals surface area contributed by atoms with Gasteiger partial charge in [-0.15, -0.1) is 16.4 Å². The molecule has 3 rings (SSSR count). The van der Waals surface area contributed by atoms with Gasteiger partial charge in [-0.25, -0.2) is 14.6 Å². The Kier molecular flexibility index (Phi) is 8.04. The van der Waals surface area contributed by atoms with Crippen molar-refractivity contribution in [2.24, 2.45) is 5.92 Å². The number of amides is 1. The molecule has 0 atom stereocenters. The zero-order valence-corrected chi connectivity index (χ0v) is 18.0. The molecule has 12 heteroatoms. The highest BCUT2D eigenvalue weighted by atomic mass is 32.1. The first-order chi connectivity index (χ1) is 15.3. The highest BCUT2D eigenvalue weighted by Crippen LogP contribution is 2.34. The molecule has 2 aromatic rings. The smallest absolute Gasteiger partial charge is 0.447 e. The van der Waals surface area contributed by atoms with Crippen LogP contribution in [0.4, 0.5) is 23.7 Å². The highest BCUT2D eigenvalue weighted by Gasteiger charge is 2.44. The number of hydrogen-bond acceptors (Lipinski definition) is 8. The molecule has 1 saturated heterocycles. The average molecular weight is 473 g/mol. The third kappa shape index (κ3) is 6.17. The van der Waals surface area contributed by atoms with Gasteiger partial charge in [-0.1, -0.05) is 12.1 Å². The first kappa shape index (κ1) is 24.0. The van der Waals surface area contributed by atoms with Crippen LogP contribution in [0.25, 0.3) is 10.6 Å².